The molecule has 0 saturated heterocycles. The van der Waals surface area contributed by atoms with Gasteiger partial charge in [0.05, 0.1) is 0 Å². The van der Waals surface area contributed by atoms with Crippen molar-refractivity contribution in [3.05, 3.63) is 66.7 Å². The zero-order valence-corrected chi connectivity index (χ0v) is 9.30. The van der Waals surface area contributed by atoms with E-state index in [-0.39, 0.29) is 0 Å². The Morgan fingerprint density at radius 3 is 1.94 bits per heavy atom. The van der Waals surface area contributed by atoms with E-state index in [1.165, 1.54) is 0 Å². The van der Waals surface area contributed by atoms with Gasteiger partial charge in [-0.2, -0.15) is 0 Å². The molecule has 0 atom stereocenters. The second-order valence-corrected chi connectivity index (χ2v) is 4.08. The lowest BCUT2D eigenvalue weighted by Gasteiger charge is -2.07. The van der Waals surface area contributed by atoms with Crippen molar-refractivity contribution in [2.45, 2.75) is 0 Å². The molecule has 0 aliphatic carbocycles. The van der Waals surface area contributed by atoms with Gasteiger partial charge in [0.15, 0.2) is 0 Å². The zero-order valence-electron chi connectivity index (χ0n) is 9.30. The monoisotopic (exact) mass is 220 g/mol. The molecule has 17 heavy (non-hydrogen) atoms. The van der Waals surface area contributed by atoms with E-state index in [0.29, 0.717) is 5.75 Å². The smallest absolute Gasteiger partial charge is 0.124 e. The molecule has 0 bridgehead atoms. The molecule has 82 valence electrons. The van der Waals surface area contributed by atoms with Gasteiger partial charge in [-0.1, -0.05) is 54.6 Å². The van der Waals surface area contributed by atoms with Crippen molar-refractivity contribution in [1.82, 2.24) is 0 Å². The largest absolute Gasteiger partial charge is 0.507 e. The highest BCUT2D eigenvalue weighted by Crippen LogP contribution is 2.32. The van der Waals surface area contributed by atoms with Crippen molar-refractivity contribution in [3.63, 3.8) is 0 Å². The van der Waals surface area contributed by atoms with Crippen molar-refractivity contribution in [2.75, 3.05) is 0 Å². The number of aromatic hydroxyl groups is 1. The minimum Gasteiger partial charge on any atom is -0.507 e. The SMILES string of the molecule is Oc1cc2ccccc2cc1-c1ccccc1. The lowest BCUT2D eigenvalue weighted by Crippen LogP contribution is -1.80. The van der Waals surface area contributed by atoms with Gasteiger partial charge in [0.2, 0.25) is 0 Å². The third-order valence-electron chi connectivity index (χ3n) is 2.95. The van der Waals surface area contributed by atoms with Crippen LogP contribution in [0, 0.1) is 0 Å². The number of rotatable bonds is 1. The number of hydrogen-bond acceptors (Lipinski definition) is 1. The van der Waals surface area contributed by atoms with E-state index >= 15 is 0 Å². The first kappa shape index (κ1) is 9.91. The van der Waals surface area contributed by atoms with Crippen LogP contribution < -0.4 is 0 Å². The van der Waals surface area contributed by atoms with Crippen LogP contribution in [0.2, 0.25) is 0 Å². The Morgan fingerprint density at radius 1 is 0.647 bits per heavy atom. The van der Waals surface area contributed by atoms with Crippen LogP contribution in [-0.2, 0) is 0 Å². The molecule has 3 aromatic rings. The summed E-state index contributed by atoms with van der Waals surface area (Å²) in [7, 11) is 0. The highest BCUT2D eigenvalue weighted by Gasteiger charge is 2.05. The van der Waals surface area contributed by atoms with Gasteiger partial charge >= 0.3 is 0 Å². The Labute approximate surface area is 100.0 Å². The molecule has 0 heterocycles. The zero-order chi connectivity index (χ0) is 11.7. The first-order valence-electron chi connectivity index (χ1n) is 5.62. The van der Waals surface area contributed by atoms with Crippen molar-refractivity contribution < 1.29 is 5.11 Å². The fourth-order valence-electron chi connectivity index (χ4n) is 2.08. The Morgan fingerprint density at radius 2 is 1.24 bits per heavy atom. The van der Waals surface area contributed by atoms with E-state index < -0.39 is 0 Å². The van der Waals surface area contributed by atoms with Gasteiger partial charge in [-0.3, -0.25) is 0 Å². The fraction of sp³-hybridized carbons (Fsp3) is 0. The quantitative estimate of drug-likeness (QED) is 0.651. The van der Waals surface area contributed by atoms with E-state index in [2.05, 4.69) is 6.07 Å². The van der Waals surface area contributed by atoms with Gasteiger partial charge in [0.1, 0.15) is 5.75 Å². The first-order chi connectivity index (χ1) is 8.34. The van der Waals surface area contributed by atoms with Gasteiger partial charge in [-0.05, 0) is 28.5 Å². The number of phenolic OH excluding ortho intramolecular Hbond substituents is 1. The molecule has 0 spiro atoms. The molecule has 1 nitrogen and oxygen atoms in total. The van der Waals surface area contributed by atoms with Gasteiger partial charge in [-0.15, -0.1) is 0 Å². The van der Waals surface area contributed by atoms with Crippen LogP contribution in [-0.4, -0.2) is 5.11 Å². The normalized spacial score (nSPS) is 10.6. The molecule has 0 fully saturated rings. The lowest BCUT2D eigenvalue weighted by atomic mass is 10.0. The summed E-state index contributed by atoms with van der Waals surface area (Å²) in [5.41, 5.74) is 1.92. The molecule has 0 radical (unpaired) electrons. The van der Waals surface area contributed by atoms with E-state index in [4.69, 9.17) is 0 Å². The minimum absolute atomic E-state index is 0.329. The molecule has 0 aromatic heterocycles. The van der Waals surface area contributed by atoms with Crippen molar-refractivity contribution in [1.29, 1.82) is 0 Å². The van der Waals surface area contributed by atoms with Crippen LogP contribution in [0.3, 0.4) is 0 Å². The van der Waals surface area contributed by atoms with E-state index in [1.54, 1.807) is 0 Å². The molecule has 1 N–H and O–H groups in total. The van der Waals surface area contributed by atoms with Crippen LogP contribution in [0.15, 0.2) is 66.7 Å². The third-order valence-corrected chi connectivity index (χ3v) is 2.95. The van der Waals surface area contributed by atoms with Gasteiger partial charge in [0, 0.05) is 5.56 Å². The summed E-state index contributed by atoms with van der Waals surface area (Å²) in [6, 6.07) is 21.8. The molecule has 1 heteroatoms. The van der Waals surface area contributed by atoms with Crippen molar-refractivity contribution in [2.24, 2.45) is 0 Å². The Kier molecular flexibility index (Phi) is 2.30. The fourth-order valence-corrected chi connectivity index (χ4v) is 2.08. The Bertz CT molecular complexity index is 657. The van der Waals surface area contributed by atoms with Crippen LogP contribution in [0.4, 0.5) is 0 Å². The summed E-state index contributed by atoms with van der Waals surface area (Å²) in [5, 5.41) is 12.3. The molecule has 3 rings (SSSR count). The maximum atomic E-state index is 10.1. The summed E-state index contributed by atoms with van der Waals surface area (Å²) < 4.78 is 0. The predicted molar refractivity (Wildman–Crippen MR) is 71.0 cm³/mol. The molecule has 0 unspecified atom stereocenters. The molecule has 0 saturated carbocycles. The second kappa shape index (κ2) is 3.95. The topological polar surface area (TPSA) is 20.2 Å². The number of phenols is 1. The average molecular weight is 220 g/mol. The second-order valence-electron chi connectivity index (χ2n) is 4.08. The average Bonchev–Trinajstić information content (AvgIpc) is 2.39. The summed E-state index contributed by atoms with van der Waals surface area (Å²) in [6.45, 7) is 0. The minimum atomic E-state index is 0.329. The Balaban J connectivity index is 2.27. The van der Waals surface area contributed by atoms with E-state index in [0.717, 1.165) is 21.9 Å². The van der Waals surface area contributed by atoms with Gasteiger partial charge < -0.3 is 5.11 Å². The standard InChI is InChI=1S/C16H12O/c17-16-11-14-9-5-4-8-13(14)10-15(16)12-6-2-1-3-7-12/h1-11,17H. The first-order valence-corrected chi connectivity index (χ1v) is 5.62. The maximum absolute atomic E-state index is 10.1. The summed E-state index contributed by atoms with van der Waals surface area (Å²) in [4.78, 5) is 0. The predicted octanol–water partition coefficient (Wildman–Crippen LogP) is 4.21. The van der Waals surface area contributed by atoms with Crippen molar-refractivity contribution in [3.8, 4) is 16.9 Å². The maximum Gasteiger partial charge on any atom is 0.124 e. The summed E-state index contributed by atoms with van der Waals surface area (Å²) >= 11 is 0. The lowest BCUT2D eigenvalue weighted by molar-refractivity contribution is 0.478. The van der Waals surface area contributed by atoms with Crippen LogP contribution >= 0.6 is 0 Å². The molecular weight excluding hydrogens is 208 g/mol. The summed E-state index contributed by atoms with van der Waals surface area (Å²) in [5.74, 6) is 0.329. The molecule has 3 aromatic carbocycles. The highest BCUT2D eigenvalue weighted by molar-refractivity contribution is 5.90. The molecule has 0 aliphatic heterocycles. The van der Waals surface area contributed by atoms with Gasteiger partial charge in [0.25, 0.3) is 0 Å². The Hall–Kier alpha value is -2.28. The van der Waals surface area contributed by atoms with E-state index in [9.17, 15) is 5.11 Å². The van der Waals surface area contributed by atoms with Crippen LogP contribution in [0.1, 0.15) is 0 Å². The molecular formula is C16H12O. The van der Waals surface area contributed by atoms with Crippen LogP contribution in [0.25, 0.3) is 21.9 Å². The third kappa shape index (κ3) is 1.76. The molecule has 0 amide bonds. The number of fused-ring (bicyclic) bond motifs is 1. The van der Waals surface area contributed by atoms with E-state index in [1.807, 2.05) is 60.7 Å². The number of hydrogen-bond donors (Lipinski definition) is 1. The van der Waals surface area contributed by atoms with Crippen LogP contribution in [0.5, 0.6) is 5.75 Å². The van der Waals surface area contributed by atoms with Crippen molar-refractivity contribution >= 4 is 10.8 Å². The molecule has 0 aliphatic rings. The highest BCUT2D eigenvalue weighted by atomic mass is 16.3. The summed E-state index contributed by atoms with van der Waals surface area (Å²) in [6.07, 6.45) is 0. The number of benzene rings is 3. The van der Waals surface area contributed by atoms with Gasteiger partial charge in [-0.25, -0.2) is 0 Å².